The Morgan fingerprint density at radius 3 is 2.18 bits per heavy atom. The van der Waals surface area contributed by atoms with Crippen molar-refractivity contribution in [2.45, 2.75) is 68.6 Å². The van der Waals surface area contributed by atoms with E-state index >= 15 is 0 Å². The zero-order valence-electron chi connectivity index (χ0n) is 24.3. The lowest BCUT2D eigenvalue weighted by Gasteiger charge is -2.52. The Morgan fingerprint density at radius 2 is 1.62 bits per heavy atom. The summed E-state index contributed by atoms with van der Waals surface area (Å²) in [6.45, 7) is 0.185. The van der Waals surface area contributed by atoms with Crippen molar-refractivity contribution >= 4 is 18.0 Å². The molecule has 4 rings (SSSR count). The summed E-state index contributed by atoms with van der Waals surface area (Å²) in [5.41, 5.74) is 0.424. The molecule has 2 aliphatic heterocycles. The number of nitrogens with two attached hydrogens (primary N) is 1. The minimum absolute atomic E-state index is 0.0180. The van der Waals surface area contributed by atoms with Gasteiger partial charge < -0.3 is 25.3 Å². The molecule has 0 unspecified atom stereocenters. The van der Waals surface area contributed by atoms with E-state index in [0.29, 0.717) is 30.5 Å². The number of likely N-dealkylation sites (tertiary alicyclic amines) is 1. The summed E-state index contributed by atoms with van der Waals surface area (Å²) in [7, 11) is 0. The highest BCUT2D eigenvalue weighted by molar-refractivity contribution is 5.80. The molecule has 2 amide bonds. The lowest BCUT2D eigenvalue weighted by Crippen LogP contribution is -2.65. The van der Waals surface area contributed by atoms with Crippen molar-refractivity contribution in [3.05, 3.63) is 70.8 Å². The normalized spacial score (nSPS) is 22.7. The quantitative estimate of drug-likeness (QED) is 0.212. The van der Waals surface area contributed by atoms with Crippen LogP contribution in [0.4, 0.5) is 31.1 Å². The second-order valence-corrected chi connectivity index (χ2v) is 11.2. The first-order chi connectivity index (χ1) is 21.1. The third-order valence-electron chi connectivity index (χ3n) is 8.16. The molecule has 3 N–H and O–H groups in total. The molecule has 2 heterocycles. The van der Waals surface area contributed by atoms with Gasteiger partial charge in [-0.2, -0.15) is 26.3 Å². The molecule has 15 heteroatoms. The summed E-state index contributed by atoms with van der Waals surface area (Å²) >= 11 is 0. The van der Waals surface area contributed by atoms with E-state index in [9.17, 15) is 40.7 Å². The average Bonchev–Trinajstić information content (AvgIpc) is 3.35. The fraction of sp³-hybridized carbons (Fsp3) is 0.500. The number of hydrogen-bond donors (Lipinski definition) is 2. The van der Waals surface area contributed by atoms with E-state index in [0.717, 1.165) is 0 Å². The molecule has 0 aliphatic carbocycles. The lowest BCUT2D eigenvalue weighted by molar-refractivity contribution is -0.154. The van der Waals surface area contributed by atoms with Gasteiger partial charge in [-0.15, -0.1) is 0 Å². The van der Waals surface area contributed by atoms with Crippen LogP contribution in [-0.4, -0.2) is 54.9 Å². The summed E-state index contributed by atoms with van der Waals surface area (Å²) in [6.07, 6.45) is -11.2. The molecule has 0 radical (unpaired) electrons. The molecule has 2 aliphatic rings. The average molecular weight is 646 g/mol. The molecule has 0 saturated carbocycles. The SMILES string of the molecule is C[C@@H](OC[C@@]1(c2ccccc2)CC[C@]2(CCC(=O)N2)CN1C(=O)OCOC(=O)CCN)c1cc(C(F)(F)F)cc(C(F)(F)F)c1. The van der Waals surface area contributed by atoms with E-state index in [2.05, 4.69) is 5.32 Å². The Balaban J connectivity index is 1.68. The zero-order valence-corrected chi connectivity index (χ0v) is 24.3. The molecule has 2 aromatic rings. The molecule has 3 atom stereocenters. The van der Waals surface area contributed by atoms with E-state index < -0.39 is 59.5 Å². The number of carbonyl (C=O) groups excluding carboxylic acids is 3. The number of nitrogens with zero attached hydrogens (tertiary/aromatic N) is 1. The number of nitrogens with one attached hydrogen (secondary N) is 1. The molecule has 45 heavy (non-hydrogen) atoms. The van der Waals surface area contributed by atoms with Gasteiger partial charge in [0.05, 0.1) is 41.3 Å². The predicted octanol–water partition coefficient (Wildman–Crippen LogP) is 5.43. The molecule has 0 bridgehead atoms. The third-order valence-corrected chi connectivity index (χ3v) is 8.16. The Morgan fingerprint density at radius 1 is 0.978 bits per heavy atom. The standard InChI is InChI=1S/C30H33F6N3O6/c1-19(20-13-22(29(31,32)33)15-23(14-20)30(34,35)36)43-17-28(21-5-3-2-4-6-21)11-10-27(9-7-24(40)38-27)16-39(28)26(42)45-18-44-25(41)8-12-37/h2-6,13-15,19H,7-12,16-18,37H2,1H3,(H,38,40)/t19-,27-,28-/m1/s1. The van der Waals surface area contributed by atoms with Gasteiger partial charge in [-0.05, 0) is 55.5 Å². The molecule has 246 valence electrons. The zero-order chi connectivity index (χ0) is 33.0. The Labute approximate surface area is 255 Å². The highest BCUT2D eigenvalue weighted by atomic mass is 19.4. The lowest BCUT2D eigenvalue weighted by atomic mass is 9.74. The van der Waals surface area contributed by atoms with E-state index in [1.807, 2.05) is 0 Å². The first-order valence-corrected chi connectivity index (χ1v) is 14.2. The minimum atomic E-state index is -5.04. The maximum atomic E-state index is 13.6. The highest BCUT2D eigenvalue weighted by Gasteiger charge is 2.54. The Bertz CT molecular complexity index is 1360. The maximum Gasteiger partial charge on any atom is 0.416 e. The molecule has 9 nitrogen and oxygen atoms in total. The van der Waals surface area contributed by atoms with E-state index in [-0.39, 0.29) is 56.5 Å². The van der Waals surface area contributed by atoms with Crippen LogP contribution < -0.4 is 11.1 Å². The molecule has 2 aromatic carbocycles. The van der Waals surface area contributed by atoms with Crippen molar-refractivity contribution in [3.63, 3.8) is 0 Å². The van der Waals surface area contributed by atoms with Crippen LogP contribution in [0.15, 0.2) is 48.5 Å². The van der Waals surface area contributed by atoms with Crippen LogP contribution >= 0.6 is 0 Å². The van der Waals surface area contributed by atoms with Crippen LogP contribution in [0.3, 0.4) is 0 Å². The molecule has 2 saturated heterocycles. The van der Waals surface area contributed by atoms with Gasteiger partial charge in [0.2, 0.25) is 12.7 Å². The van der Waals surface area contributed by atoms with E-state index in [4.69, 9.17) is 19.9 Å². The van der Waals surface area contributed by atoms with Gasteiger partial charge in [-0.1, -0.05) is 30.3 Å². The third kappa shape index (κ3) is 7.87. The van der Waals surface area contributed by atoms with Crippen molar-refractivity contribution in [2.24, 2.45) is 5.73 Å². The van der Waals surface area contributed by atoms with Gasteiger partial charge in [0, 0.05) is 19.5 Å². The first-order valence-electron chi connectivity index (χ1n) is 14.2. The molecule has 2 fully saturated rings. The van der Waals surface area contributed by atoms with Crippen molar-refractivity contribution in [2.75, 3.05) is 26.5 Å². The summed E-state index contributed by atoms with van der Waals surface area (Å²) < 4.78 is 97.4. The second-order valence-electron chi connectivity index (χ2n) is 11.2. The summed E-state index contributed by atoms with van der Waals surface area (Å²) in [5, 5.41) is 2.92. The minimum Gasteiger partial charge on any atom is -0.428 e. The Hall–Kier alpha value is -3.85. The first kappa shape index (κ1) is 34.0. The number of piperidine rings is 1. The summed E-state index contributed by atoms with van der Waals surface area (Å²) in [5.74, 6) is -0.907. The highest BCUT2D eigenvalue weighted by Crippen LogP contribution is 2.45. The largest absolute Gasteiger partial charge is 0.428 e. The number of esters is 1. The fourth-order valence-corrected chi connectivity index (χ4v) is 5.70. The molecule has 1 spiro atoms. The topological polar surface area (TPSA) is 120 Å². The van der Waals surface area contributed by atoms with Crippen molar-refractivity contribution in [3.8, 4) is 0 Å². The van der Waals surface area contributed by atoms with Crippen molar-refractivity contribution < 1.29 is 54.9 Å². The van der Waals surface area contributed by atoms with Gasteiger partial charge in [0.15, 0.2) is 0 Å². The smallest absolute Gasteiger partial charge is 0.416 e. The maximum absolute atomic E-state index is 13.6. The molecule has 0 aromatic heterocycles. The molecular weight excluding hydrogens is 612 g/mol. The predicted molar refractivity (Wildman–Crippen MR) is 146 cm³/mol. The molecular formula is C30H33F6N3O6. The van der Waals surface area contributed by atoms with Crippen molar-refractivity contribution in [1.82, 2.24) is 10.2 Å². The Kier molecular flexibility index (Phi) is 10.0. The van der Waals surface area contributed by atoms with Gasteiger partial charge in [-0.3, -0.25) is 14.5 Å². The number of benzene rings is 2. The van der Waals surface area contributed by atoms with Crippen LogP contribution in [0.1, 0.15) is 67.4 Å². The van der Waals surface area contributed by atoms with Crippen LogP contribution in [0, 0.1) is 0 Å². The number of rotatable bonds is 9. The number of hydrogen-bond acceptors (Lipinski definition) is 7. The van der Waals surface area contributed by atoms with Gasteiger partial charge in [0.25, 0.3) is 0 Å². The summed E-state index contributed by atoms with van der Waals surface area (Å²) in [6, 6.07) is 9.76. The van der Waals surface area contributed by atoms with Gasteiger partial charge >= 0.3 is 24.4 Å². The monoisotopic (exact) mass is 645 g/mol. The van der Waals surface area contributed by atoms with Gasteiger partial charge in [-0.25, -0.2) is 4.79 Å². The van der Waals surface area contributed by atoms with Gasteiger partial charge in [0.1, 0.15) is 0 Å². The number of carbonyl (C=O) groups is 3. The van der Waals surface area contributed by atoms with Crippen LogP contribution in [0.25, 0.3) is 0 Å². The fourth-order valence-electron chi connectivity index (χ4n) is 5.70. The van der Waals surface area contributed by atoms with E-state index in [1.165, 1.54) is 11.8 Å². The van der Waals surface area contributed by atoms with Crippen LogP contribution in [0.5, 0.6) is 0 Å². The van der Waals surface area contributed by atoms with E-state index in [1.54, 1.807) is 30.3 Å². The number of ether oxygens (including phenoxy) is 3. The number of amides is 2. The van der Waals surface area contributed by atoms with Crippen LogP contribution in [-0.2, 0) is 41.7 Å². The number of alkyl halides is 6. The second kappa shape index (κ2) is 13.3. The number of halogens is 6. The van der Waals surface area contributed by atoms with Crippen LogP contribution in [0.2, 0.25) is 0 Å². The van der Waals surface area contributed by atoms with Crippen molar-refractivity contribution in [1.29, 1.82) is 0 Å². The summed E-state index contributed by atoms with van der Waals surface area (Å²) in [4.78, 5) is 38.9.